The number of ether oxygens (including phenoxy) is 1. The number of pyridine rings is 1. The van der Waals surface area contributed by atoms with Crippen LogP contribution in [0, 0.1) is 0 Å². The number of hydrogen-bond acceptors (Lipinski definition) is 6. The number of aromatic nitrogens is 3. The maximum absolute atomic E-state index is 12.4. The molecule has 0 saturated heterocycles. The minimum absolute atomic E-state index is 0.181. The van der Waals surface area contributed by atoms with E-state index in [4.69, 9.17) is 9.26 Å². The minimum Gasteiger partial charge on any atom is -0.492 e. The van der Waals surface area contributed by atoms with Crippen molar-refractivity contribution < 1.29 is 14.1 Å². The molecule has 2 aromatic heterocycles. The fourth-order valence-electron chi connectivity index (χ4n) is 2.27. The summed E-state index contributed by atoms with van der Waals surface area (Å²) in [6.45, 7) is 2.59. The van der Waals surface area contributed by atoms with Crippen LogP contribution in [0.25, 0.3) is 11.4 Å². The Balaban J connectivity index is 1.64. The van der Waals surface area contributed by atoms with Crippen molar-refractivity contribution in [1.29, 1.82) is 0 Å². The van der Waals surface area contributed by atoms with Crippen LogP contribution in [0.4, 0.5) is 10.5 Å². The van der Waals surface area contributed by atoms with Gasteiger partial charge in [0.2, 0.25) is 11.7 Å². The van der Waals surface area contributed by atoms with Crippen molar-refractivity contribution in [3.63, 3.8) is 0 Å². The SMILES string of the molecule is CCOc1ccccc1NC(=O)N(C)Cc1nc(-c2ccncc2)no1. The van der Waals surface area contributed by atoms with Gasteiger partial charge in [0.15, 0.2) is 0 Å². The van der Waals surface area contributed by atoms with E-state index in [2.05, 4.69) is 20.4 Å². The van der Waals surface area contributed by atoms with Crippen LogP contribution in [-0.2, 0) is 6.54 Å². The van der Waals surface area contributed by atoms with Gasteiger partial charge in [0.05, 0.1) is 12.3 Å². The van der Waals surface area contributed by atoms with Crippen LogP contribution in [-0.4, -0.2) is 39.7 Å². The average molecular weight is 353 g/mol. The predicted molar refractivity (Wildman–Crippen MR) is 95.6 cm³/mol. The third kappa shape index (κ3) is 4.15. The van der Waals surface area contributed by atoms with Gasteiger partial charge in [0.25, 0.3) is 0 Å². The molecule has 26 heavy (non-hydrogen) atoms. The van der Waals surface area contributed by atoms with Gasteiger partial charge < -0.3 is 19.5 Å². The van der Waals surface area contributed by atoms with E-state index < -0.39 is 0 Å². The lowest BCUT2D eigenvalue weighted by atomic mass is 10.2. The summed E-state index contributed by atoms with van der Waals surface area (Å²) in [6.07, 6.45) is 3.31. The molecule has 0 aliphatic carbocycles. The zero-order chi connectivity index (χ0) is 18.4. The third-order valence-electron chi connectivity index (χ3n) is 3.55. The van der Waals surface area contributed by atoms with Crippen molar-refractivity contribution in [2.45, 2.75) is 13.5 Å². The molecule has 0 aliphatic heterocycles. The molecule has 0 aliphatic rings. The van der Waals surface area contributed by atoms with Gasteiger partial charge in [-0.25, -0.2) is 4.79 Å². The van der Waals surface area contributed by atoms with Crippen molar-refractivity contribution in [3.8, 4) is 17.1 Å². The summed E-state index contributed by atoms with van der Waals surface area (Å²) in [6, 6.07) is 10.5. The standard InChI is InChI=1S/C18H19N5O3/c1-3-25-15-7-5-4-6-14(15)20-18(24)23(2)12-16-21-17(22-26-16)13-8-10-19-11-9-13/h4-11H,3,12H2,1-2H3,(H,20,24). The van der Waals surface area contributed by atoms with Crippen LogP contribution in [0.3, 0.4) is 0 Å². The predicted octanol–water partition coefficient (Wildman–Crippen LogP) is 3.19. The van der Waals surface area contributed by atoms with Crippen LogP contribution in [0.1, 0.15) is 12.8 Å². The molecule has 3 aromatic rings. The number of nitrogens with zero attached hydrogens (tertiary/aromatic N) is 4. The molecule has 134 valence electrons. The summed E-state index contributed by atoms with van der Waals surface area (Å²) in [7, 11) is 1.65. The van der Waals surface area contributed by atoms with E-state index in [1.807, 2.05) is 19.1 Å². The number of carbonyl (C=O) groups excluding carboxylic acids is 1. The number of amides is 2. The van der Waals surface area contributed by atoms with Crippen LogP contribution >= 0.6 is 0 Å². The summed E-state index contributed by atoms with van der Waals surface area (Å²) in [4.78, 5) is 22.1. The lowest BCUT2D eigenvalue weighted by Gasteiger charge is -2.17. The van der Waals surface area contributed by atoms with E-state index in [0.29, 0.717) is 29.8 Å². The summed E-state index contributed by atoms with van der Waals surface area (Å²) < 4.78 is 10.7. The van der Waals surface area contributed by atoms with Gasteiger partial charge in [-0.1, -0.05) is 17.3 Å². The first-order chi connectivity index (χ1) is 12.7. The second kappa shape index (κ2) is 8.11. The van der Waals surface area contributed by atoms with Crippen molar-refractivity contribution >= 4 is 11.7 Å². The molecule has 1 N–H and O–H groups in total. The topological polar surface area (TPSA) is 93.4 Å². The molecule has 0 spiro atoms. The number of hydrogen-bond donors (Lipinski definition) is 1. The van der Waals surface area contributed by atoms with Gasteiger partial charge in [0.1, 0.15) is 12.3 Å². The molecule has 8 heteroatoms. The number of anilines is 1. The third-order valence-corrected chi connectivity index (χ3v) is 3.55. The zero-order valence-corrected chi connectivity index (χ0v) is 14.5. The summed E-state index contributed by atoms with van der Waals surface area (Å²) in [5, 5.41) is 6.75. The lowest BCUT2D eigenvalue weighted by Crippen LogP contribution is -2.31. The van der Waals surface area contributed by atoms with Gasteiger partial charge in [-0.15, -0.1) is 0 Å². The Morgan fingerprint density at radius 3 is 2.77 bits per heavy atom. The second-order valence-electron chi connectivity index (χ2n) is 5.46. The molecule has 3 rings (SSSR count). The van der Waals surface area contributed by atoms with E-state index >= 15 is 0 Å². The molecular formula is C18H19N5O3. The molecule has 2 heterocycles. The van der Waals surface area contributed by atoms with Crippen LogP contribution in [0.5, 0.6) is 5.75 Å². The van der Waals surface area contributed by atoms with Gasteiger partial charge in [-0.05, 0) is 31.2 Å². The molecule has 0 unspecified atom stereocenters. The number of benzene rings is 1. The molecule has 2 amide bonds. The Labute approximate surface area is 150 Å². The fourth-order valence-corrected chi connectivity index (χ4v) is 2.27. The lowest BCUT2D eigenvalue weighted by molar-refractivity contribution is 0.213. The molecule has 1 aromatic carbocycles. The Bertz CT molecular complexity index is 866. The van der Waals surface area contributed by atoms with E-state index in [1.54, 1.807) is 43.7 Å². The fraction of sp³-hybridized carbons (Fsp3) is 0.222. The molecule has 0 saturated carbocycles. The van der Waals surface area contributed by atoms with Gasteiger partial charge in [0, 0.05) is 25.0 Å². The quantitative estimate of drug-likeness (QED) is 0.731. The first-order valence-electron chi connectivity index (χ1n) is 8.14. The van der Waals surface area contributed by atoms with E-state index in [9.17, 15) is 4.79 Å². The number of urea groups is 1. The Kier molecular flexibility index (Phi) is 5.43. The van der Waals surface area contributed by atoms with Gasteiger partial charge >= 0.3 is 6.03 Å². The van der Waals surface area contributed by atoms with Crippen LogP contribution in [0.15, 0.2) is 53.3 Å². The highest BCUT2D eigenvalue weighted by molar-refractivity contribution is 5.90. The molecule has 0 fully saturated rings. The van der Waals surface area contributed by atoms with E-state index in [1.165, 1.54) is 4.90 Å². The largest absolute Gasteiger partial charge is 0.492 e. The summed E-state index contributed by atoms with van der Waals surface area (Å²) in [5.74, 6) is 1.42. The highest BCUT2D eigenvalue weighted by atomic mass is 16.5. The monoisotopic (exact) mass is 353 g/mol. The number of nitrogens with one attached hydrogen (secondary N) is 1. The van der Waals surface area contributed by atoms with Crippen molar-refractivity contribution in [3.05, 3.63) is 54.7 Å². The first kappa shape index (κ1) is 17.4. The summed E-state index contributed by atoms with van der Waals surface area (Å²) in [5.41, 5.74) is 1.40. The smallest absolute Gasteiger partial charge is 0.322 e. The van der Waals surface area contributed by atoms with Crippen LogP contribution in [0.2, 0.25) is 0 Å². The van der Waals surface area contributed by atoms with Crippen molar-refractivity contribution in [1.82, 2.24) is 20.0 Å². The number of carbonyl (C=O) groups is 1. The molecule has 0 bridgehead atoms. The maximum atomic E-state index is 12.4. The Morgan fingerprint density at radius 2 is 2.00 bits per heavy atom. The molecule has 0 radical (unpaired) electrons. The van der Waals surface area contributed by atoms with Crippen molar-refractivity contribution in [2.24, 2.45) is 0 Å². The highest BCUT2D eigenvalue weighted by Crippen LogP contribution is 2.24. The number of rotatable bonds is 6. The Hall–Kier alpha value is -3.42. The molecule has 8 nitrogen and oxygen atoms in total. The second-order valence-corrected chi connectivity index (χ2v) is 5.46. The van der Waals surface area contributed by atoms with E-state index in [-0.39, 0.29) is 12.6 Å². The Morgan fingerprint density at radius 1 is 1.23 bits per heavy atom. The zero-order valence-electron chi connectivity index (χ0n) is 14.5. The minimum atomic E-state index is -0.305. The molecule has 0 atom stereocenters. The van der Waals surface area contributed by atoms with Gasteiger partial charge in [-0.3, -0.25) is 4.98 Å². The van der Waals surface area contributed by atoms with Crippen LogP contribution < -0.4 is 10.1 Å². The highest BCUT2D eigenvalue weighted by Gasteiger charge is 2.16. The maximum Gasteiger partial charge on any atom is 0.322 e. The first-order valence-corrected chi connectivity index (χ1v) is 8.14. The molecular weight excluding hydrogens is 334 g/mol. The van der Waals surface area contributed by atoms with Gasteiger partial charge in [-0.2, -0.15) is 4.98 Å². The van der Waals surface area contributed by atoms with E-state index in [0.717, 1.165) is 5.56 Å². The van der Waals surface area contributed by atoms with Crippen molar-refractivity contribution in [2.75, 3.05) is 19.0 Å². The summed E-state index contributed by atoms with van der Waals surface area (Å²) >= 11 is 0. The normalized spacial score (nSPS) is 10.4. The average Bonchev–Trinajstić information content (AvgIpc) is 3.13. The number of para-hydroxylation sites is 2.